The molecule has 0 bridgehead atoms. The Labute approximate surface area is 124 Å². The summed E-state index contributed by atoms with van der Waals surface area (Å²) in [6.07, 6.45) is 3.47. The van der Waals surface area contributed by atoms with E-state index >= 15 is 0 Å². The van der Waals surface area contributed by atoms with Crippen molar-refractivity contribution in [2.45, 2.75) is 31.7 Å². The van der Waals surface area contributed by atoms with Gasteiger partial charge in [-0.1, -0.05) is 28.8 Å². The lowest BCUT2D eigenvalue weighted by Gasteiger charge is -2.26. The van der Waals surface area contributed by atoms with Crippen LogP contribution in [0.5, 0.6) is 0 Å². The molecule has 1 saturated carbocycles. The zero-order valence-electron chi connectivity index (χ0n) is 10.7. The summed E-state index contributed by atoms with van der Waals surface area (Å²) in [5, 5.41) is 8.84. The minimum Gasteiger partial charge on any atom is -0.322 e. The van der Waals surface area contributed by atoms with Crippen molar-refractivity contribution in [1.29, 1.82) is 5.26 Å². The Morgan fingerprint density at radius 3 is 2.40 bits per heavy atom. The van der Waals surface area contributed by atoms with E-state index in [1.807, 2.05) is 6.07 Å². The summed E-state index contributed by atoms with van der Waals surface area (Å²) in [7, 11) is 0. The van der Waals surface area contributed by atoms with Gasteiger partial charge in [0.15, 0.2) is 0 Å². The van der Waals surface area contributed by atoms with Crippen LogP contribution in [0.15, 0.2) is 16.6 Å². The van der Waals surface area contributed by atoms with Crippen molar-refractivity contribution in [3.63, 3.8) is 0 Å². The lowest BCUT2D eigenvalue weighted by molar-refractivity contribution is 0.0699. The van der Waals surface area contributed by atoms with E-state index in [0.29, 0.717) is 0 Å². The van der Waals surface area contributed by atoms with Crippen LogP contribution in [-0.4, -0.2) is 23.4 Å². The predicted molar refractivity (Wildman–Crippen MR) is 73.0 cm³/mol. The summed E-state index contributed by atoms with van der Waals surface area (Å²) in [4.78, 5) is 13.6. The Hall–Kier alpha value is -1.48. The molecule has 1 aliphatic rings. The molecule has 0 N–H and O–H groups in total. The molecule has 6 heteroatoms. The van der Waals surface area contributed by atoms with E-state index in [9.17, 15) is 13.6 Å². The minimum atomic E-state index is -0.914. The summed E-state index contributed by atoms with van der Waals surface area (Å²) in [5.74, 6) is -2.58. The van der Waals surface area contributed by atoms with Crippen molar-refractivity contribution in [3.05, 3.63) is 33.8 Å². The highest BCUT2D eigenvalue weighted by atomic mass is 79.9. The fourth-order valence-electron chi connectivity index (χ4n) is 2.55. The maximum atomic E-state index is 13.8. The van der Waals surface area contributed by atoms with Crippen molar-refractivity contribution in [1.82, 2.24) is 4.90 Å². The minimum absolute atomic E-state index is 0.107. The Bertz CT molecular complexity index is 542. The standard InChI is InChI=1S/C14H13BrF2N2O/c15-9-7-11(16)13(12(17)8-9)14(20)19(6-5-18)10-3-1-2-4-10/h7-8,10H,1-4,6H2. The quantitative estimate of drug-likeness (QED) is 0.787. The van der Waals surface area contributed by atoms with Gasteiger partial charge in [0.2, 0.25) is 0 Å². The van der Waals surface area contributed by atoms with Gasteiger partial charge in [0.05, 0.1) is 6.07 Å². The highest BCUT2D eigenvalue weighted by Gasteiger charge is 2.30. The van der Waals surface area contributed by atoms with Crippen LogP contribution in [0.3, 0.4) is 0 Å². The van der Waals surface area contributed by atoms with Gasteiger partial charge in [0.25, 0.3) is 5.91 Å². The van der Waals surface area contributed by atoms with E-state index in [-0.39, 0.29) is 17.1 Å². The number of benzene rings is 1. The monoisotopic (exact) mass is 342 g/mol. The van der Waals surface area contributed by atoms with Gasteiger partial charge in [0.1, 0.15) is 23.7 Å². The first-order valence-electron chi connectivity index (χ1n) is 6.37. The second-order valence-electron chi connectivity index (χ2n) is 4.77. The molecular formula is C14H13BrF2N2O. The number of carbonyl (C=O) groups is 1. The zero-order valence-corrected chi connectivity index (χ0v) is 12.3. The molecule has 1 aliphatic carbocycles. The second-order valence-corrected chi connectivity index (χ2v) is 5.69. The van der Waals surface area contributed by atoms with Gasteiger partial charge in [-0.05, 0) is 25.0 Å². The van der Waals surface area contributed by atoms with Crippen LogP contribution in [0.2, 0.25) is 0 Å². The molecule has 1 amide bonds. The van der Waals surface area contributed by atoms with Crippen molar-refractivity contribution < 1.29 is 13.6 Å². The van der Waals surface area contributed by atoms with E-state index in [1.165, 1.54) is 4.90 Å². The maximum Gasteiger partial charge on any atom is 0.260 e. The topological polar surface area (TPSA) is 44.1 Å². The van der Waals surface area contributed by atoms with E-state index in [1.54, 1.807) is 0 Å². The molecule has 0 aliphatic heterocycles. The maximum absolute atomic E-state index is 13.8. The molecule has 20 heavy (non-hydrogen) atoms. The Kier molecular flexibility index (Phi) is 4.71. The molecule has 1 aromatic rings. The van der Waals surface area contributed by atoms with Crippen LogP contribution < -0.4 is 0 Å². The van der Waals surface area contributed by atoms with E-state index in [4.69, 9.17) is 5.26 Å². The Balaban J connectivity index is 2.35. The SMILES string of the molecule is N#CCN(C(=O)c1c(F)cc(Br)cc1F)C1CCCC1. The first-order valence-corrected chi connectivity index (χ1v) is 7.16. The van der Waals surface area contributed by atoms with Crippen LogP contribution in [0.1, 0.15) is 36.0 Å². The second kappa shape index (κ2) is 6.31. The molecule has 2 rings (SSSR count). The first kappa shape index (κ1) is 14.9. The third kappa shape index (κ3) is 2.98. The van der Waals surface area contributed by atoms with Crippen LogP contribution in [0.25, 0.3) is 0 Å². The molecule has 0 saturated heterocycles. The lowest BCUT2D eigenvalue weighted by atomic mass is 10.1. The number of rotatable bonds is 3. The van der Waals surface area contributed by atoms with E-state index in [2.05, 4.69) is 15.9 Å². The lowest BCUT2D eigenvalue weighted by Crippen LogP contribution is -2.40. The first-order chi connectivity index (χ1) is 9.54. The molecule has 1 fully saturated rings. The van der Waals surface area contributed by atoms with Crippen molar-refractivity contribution >= 4 is 21.8 Å². The summed E-state index contributed by atoms with van der Waals surface area (Å²) in [5.41, 5.74) is -0.588. The molecule has 0 unspecified atom stereocenters. The molecular weight excluding hydrogens is 330 g/mol. The predicted octanol–water partition coefficient (Wildman–Crippen LogP) is 3.64. The van der Waals surface area contributed by atoms with Crippen LogP contribution in [-0.2, 0) is 0 Å². The summed E-state index contributed by atoms with van der Waals surface area (Å²) in [6, 6.07) is 3.89. The van der Waals surface area contributed by atoms with Crippen LogP contribution in [0, 0.1) is 23.0 Å². The molecule has 0 aromatic heterocycles. The highest BCUT2D eigenvalue weighted by molar-refractivity contribution is 9.10. The van der Waals surface area contributed by atoms with Crippen LogP contribution in [0.4, 0.5) is 8.78 Å². The Morgan fingerprint density at radius 1 is 1.35 bits per heavy atom. The Morgan fingerprint density at radius 2 is 1.90 bits per heavy atom. The summed E-state index contributed by atoms with van der Waals surface area (Å²) in [6.45, 7) is -0.154. The fourth-order valence-corrected chi connectivity index (χ4v) is 2.95. The van der Waals surface area contributed by atoms with Gasteiger partial charge in [0, 0.05) is 10.5 Å². The van der Waals surface area contributed by atoms with Crippen molar-refractivity contribution in [2.24, 2.45) is 0 Å². The number of amides is 1. The number of hydrogen-bond acceptors (Lipinski definition) is 2. The number of nitrogens with zero attached hydrogens (tertiary/aromatic N) is 2. The summed E-state index contributed by atoms with van der Waals surface area (Å²) < 4.78 is 27.9. The summed E-state index contributed by atoms with van der Waals surface area (Å²) >= 11 is 2.97. The average molecular weight is 343 g/mol. The third-order valence-electron chi connectivity index (χ3n) is 3.49. The number of nitriles is 1. The largest absolute Gasteiger partial charge is 0.322 e. The molecule has 3 nitrogen and oxygen atoms in total. The van der Waals surface area contributed by atoms with Crippen molar-refractivity contribution in [3.8, 4) is 6.07 Å². The molecule has 0 radical (unpaired) electrons. The van der Waals surface area contributed by atoms with Gasteiger partial charge in [-0.3, -0.25) is 4.79 Å². The number of hydrogen-bond donors (Lipinski definition) is 0. The molecule has 0 heterocycles. The van der Waals surface area contributed by atoms with Gasteiger partial charge in [-0.15, -0.1) is 0 Å². The highest BCUT2D eigenvalue weighted by Crippen LogP contribution is 2.27. The van der Waals surface area contributed by atoms with Crippen molar-refractivity contribution in [2.75, 3.05) is 6.54 Å². The van der Waals surface area contributed by atoms with Gasteiger partial charge >= 0.3 is 0 Å². The zero-order chi connectivity index (χ0) is 14.7. The van der Waals surface area contributed by atoms with Gasteiger partial charge in [-0.2, -0.15) is 5.26 Å². The molecule has 0 spiro atoms. The smallest absolute Gasteiger partial charge is 0.260 e. The molecule has 1 aromatic carbocycles. The normalized spacial score (nSPS) is 15.1. The number of carbonyl (C=O) groups excluding carboxylic acids is 1. The fraction of sp³-hybridized carbons (Fsp3) is 0.429. The molecule has 106 valence electrons. The average Bonchev–Trinajstić information content (AvgIpc) is 2.87. The van der Waals surface area contributed by atoms with Gasteiger partial charge in [-0.25, -0.2) is 8.78 Å². The number of halogens is 3. The molecule has 0 atom stereocenters. The van der Waals surface area contributed by atoms with E-state index < -0.39 is 23.1 Å². The third-order valence-corrected chi connectivity index (χ3v) is 3.95. The van der Waals surface area contributed by atoms with E-state index in [0.717, 1.165) is 37.8 Å². The van der Waals surface area contributed by atoms with Crippen LogP contribution >= 0.6 is 15.9 Å². The van der Waals surface area contributed by atoms with Gasteiger partial charge < -0.3 is 4.90 Å².